The van der Waals surface area contributed by atoms with E-state index >= 15 is 0 Å². The summed E-state index contributed by atoms with van der Waals surface area (Å²) in [5.74, 6) is 0.689. The lowest BCUT2D eigenvalue weighted by Crippen LogP contribution is -2.33. The highest BCUT2D eigenvalue weighted by Crippen LogP contribution is 2.32. The Hall–Kier alpha value is -0.540. The van der Waals surface area contributed by atoms with E-state index in [0.717, 1.165) is 16.6 Å². The number of rotatable bonds is 3. The molecule has 0 saturated carbocycles. The third-order valence-electron chi connectivity index (χ3n) is 3.61. The number of hydrogen-bond donors (Lipinski definition) is 1. The Morgan fingerprint density at radius 1 is 1.47 bits per heavy atom. The highest BCUT2D eigenvalue weighted by atomic mass is 79.9. The van der Waals surface area contributed by atoms with Crippen LogP contribution in [0.1, 0.15) is 32.3 Å². The van der Waals surface area contributed by atoms with Crippen molar-refractivity contribution < 1.29 is 5.11 Å². The van der Waals surface area contributed by atoms with Gasteiger partial charge in [0.15, 0.2) is 0 Å². The zero-order valence-corrected chi connectivity index (χ0v) is 12.1. The monoisotopic (exact) mass is 297 g/mol. The summed E-state index contributed by atoms with van der Waals surface area (Å²) in [6.07, 6.45) is 2.57. The zero-order valence-electron chi connectivity index (χ0n) is 10.5. The number of benzene rings is 1. The topological polar surface area (TPSA) is 23.5 Å². The van der Waals surface area contributed by atoms with Gasteiger partial charge in [0.05, 0.1) is 6.61 Å². The zero-order chi connectivity index (χ0) is 12.4. The van der Waals surface area contributed by atoms with Crippen LogP contribution in [0.15, 0.2) is 22.7 Å². The number of hydrogen-bond acceptors (Lipinski definition) is 2. The third-order valence-corrected chi connectivity index (χ3v) is 4.35. The molecule has 2 rings (SSSR count). The second kappa shape index (κ2) is 5.40. The summed E-state index contributed by atoms with van der Waals surface area (Å²) >= 11 is 3.52. The van der Waals surface area contributed by atoms with Gasteiger partial charge in [-0.05, 0) is 36.5 Å². The average Bonchev–Trinajstić information content (AvgIpc) is 2.77. The molecule has 1 heterocycles. The second-order valence-electron chi connectivity index (χ2n) is 5.08. The van der Waals surface area contributed by atoms with Gasteiger partial charge in [-0.15, -0.1) is 0 Å². The minimum atomic E-state index is 0.0917. The predicted molar refractivity (Wildman–Crippen MR) is 75.3 cm³/mol. The van der Waals surface area contributed by atoms with Gasteiger partial charge >= 0.3 is 0 Å². The van der Waals surface area contributed by atoms with Gasteiger partial charge in [0, 0.05) is 22.7 Å². The second-order valence-corrected chi connectivity index (χ2v) is 5.94. The highest BCUT2D eigenvalue weighted by Gasteiger charge is 2.27. The molecule has 1 aromatic rings. The summed E-state index contributed by atoms with van der Waals surface area (Å²) in [7, 11) is 0. The van der Waals surface area contributed by atoms with Crippen molar-refractivity contribution in [3.63, 3.8) is 0 Å². The molecule has 1 fully saturated rings. The van der Waals surface area contributed by atoms with E-state index < -0.39 is 0 Å². The fourth-order valence-electron chi connectivity index (χ4n) is 2.65. The van der Waals surface area contributed by atoms with E-state index in [1.807, 2.05) is 6.07 Å². The summed E-state index contributed by atoms with van der Waals surface area (Å²) < 4.78 is 1.01. The number of halogens is 1. The van der Waals surface area contributed by atoms with Crippen LogP contribution in [0.4, 0.5) is 5.69 Å². The molecule has 0 bridgehead atoms. The molecule has 94 valence electrons. The van der Waals surface area contributed by atoms with Crippen LogP contribution in [0.5, 0.6) is 0 Å². The molecule has 0 spiro atoms. The van der Waals surface area contributed by atoms with Crippen molar-refractivity contribution in [1.29, 1.82) is 0 Å². The lowest BCUT2D eigenvalue weighted by atomic mass is 10.0. The van der Waals surface area contributed by atoms with E-state index in [9.17, 15) is 5.11 Å². The molecule has 2 nitrogen and oxygen atoms in total. The molecule has 1 aromatic carbocycles. The number of nitrogens with zero attached hydrogens (tertiary/aromatic N) is 1. The summed E-state index contributed by atoms with van der Waals surface area (Å²) in [4.78, 5) is 2.50. The molecule has 1 aliphatic rings. The molecule has 1 saturated heterocycles. The minimum absolute atomic E-state index is 0.0917. The largest absolute Gasteiger partial charge is 0.392 e. The van der Waals surface area contributed by atoms with Crippen molar-refractivity contribution in [1.82, 2.24) is 0 Å². The highest BCUT2D eigenvalue weighted by molar-refractivity contribution is 9.10. The Labute approximate surface area is 112 Å². The summed E-state index contributed by atoms with van der Waals surface area (Å²) in [5.41, 5.74) is 2.22. The molecular weight excluding hydrogens is 278 g/mol. The van der Waals surface area contributed by atoms with E-state index in [-0.39, 0.29) is 6.61 Å². The average molecular weight is 298 g/mol. The van der Waals surface area contributed by atoms with Crippen LogP contribution in [0.2, 0.25) is 0 Å². The Morgan fingerprint density at radius 3 is 2.82 bits per heavy atom. The number of aliphatic hydroxyl groups is 1. The number of anilines is 1. The summed E-state index contributed by atoms with van der Waals surface area (Å²) in [6.45, 7) is 5.82. The van der Waals surface area contributed by atoms with Crippen molar-refractivity contribution in [3.05, 3.63) is 28.2 Å². The molecule has 17 heavy (non-hydrogen) atoms. The Bertz CT molecular complexity index is 392. The van der Waals surface area contributed by atoms with Crippen LogP contribution in [0, 0.1) is 5.92 Å². The van der Waals surface area contributed by atoms with E-state index in [0.29, 0.717) is 12.0 Å². The molecule has 1 atom stereocenters. The smallest absolute Gasteiger partial charge is 0.0692 e. The fraction of sp³-hybridized carbons (Fsp3) is 0.571. The Balaban J connectivity index is 2.24. The van der Waals surface area contributed by atoms with Gasteiger partial charge in [-0.3, -0.25) is 0 Å². The van der Waals surface area contributed by atoms with Crippen LogP contribution in [0.3, 0.4) is 0 Å². The quantitative estimate of drug-likeness (QED) is 0.922. The van der Waals surface area contributed by atoms with Gasteiger partial charge in [0.2, 0.25) is 0 Å². The maximum atomic E-state index is 9.17. The molecule has 0 radical (unpaired) electrons. The maximum Gasteiger partial charge on any atom is 0.0692 e. The van der Waals surface area contributed by atoms with Gasteiger partial charge in [0.1, 0.15) is 0 Å². The van der Waals surface area contributed by atoms with Crippen molar-refractivity contribution >= 4 is 21.6 Å². The van der Waals surface area contributed by atoms with Crippen LogP contribution in [0.25, 0.3) is 0 Å². The van der Waals surface area contributed by atoms with E-state index in [1.54, 1.807) is 0 Å². The van der Waals surface area contributed by atoms with E-state index in [4.69, 9.17) is 0 Å². The molecule has 1 unspecified atom stereocenters. The lowest BCUT2D eigenvalue weighted by Gasteiger charge is -2.30. The molecule has 1 aliphatic heterocycles. The first-order valence-corrected chi connectivity index (χ1v) is 7.08. The van der Waals surface area contributed by atoms with Gasteiger partial charge in [-0.2, -0.15) is 0 Å². The predicted octanol–water partition coefficient (Wildman–Crippen LogP) is 3.57. The first-order valence-electron chi connectivity index (χ1n) is 6.29. The van der Waals surface area contributed by atoms with Crippen molar-refractivity contribution in [2.45, 2.75) is 39.3 Å². The third kappa shape index (κ3) is 2.66. The molecule has 0 aliphatic carbocycles. The van der Waals surface area contributed by atoms with Gasteiger partial charge in [0.25, 0.3) is 0 Å². The SMILES string of the molecule is CC(C)C1CCCN1c1ccc(CO)c(Br)c1. The summed E-state index contributed by atoms with van der Waals surface area (Å²) in [6, 6.07) is 6.92. The van der Waals surface area contributed by atoms with Crippen LogP contribution < -0.4 is 4.90 Å². The number of aliphatic hydroxyl groups excluding tert-OH is 1. The van der Waals surface area contributed by atoms with Gasteiger partial charge < -0.3 is 10.0 Å². The lowest BCUT2D eigenvalue weighted by molar-refractivity contribution is 0.281. The Kier molecular flexibility index (Phi) is 4.10. The van der Waals surface area contributed by atoms with Crippen LogP contribution >= 0.6 is 15.9 Å². The van der Waals surface area contributed by atoms with Crippen molar-refractivity contribution in [2.24, 2.45) is 5.92 Å². The summed E-state index contributed by atoms with van der Waals surface area (Å²) in [5, 5.41) is 9.17. The van der Waals surface area contributed by atoms with Crippen LogP contribution in [-0.4, -0.2) is 17.7 Å². The standard InChI is InChI=1S/C14H20BrNO/c1-10(2)14-4-3-7-16(14)12-6-5-11(9-17)13(15)8-12/h5-6,8,10,14,17H,3-4,7,9H2,1-2H3. The van der Waals surface area contributed by atoms with E-state index in [1.165, 1.54) is 18.5 Å². The minimum Gasteiger partial charge on any atom is -0.392 e. The van der Waals surface area contributed by atoms with Crippen molar-refractivity contribution in [2.75, 3.05) is 11.4 Å². The Morgan fingerprint density at radius 2 is 2.24 bits per heavy atom. The first-order chi connectivity index (χ1) is 8.13. The van der Waals surface area contributed by atoms with Gasteiger partial charge in [-0.1, -0.05) is 35.8 Å². The van der Waals surface area contributed by atoms with Crippen molar-refractivity contribution in [3.8, 4) is 0 Å². The fourth-order valence-corrected chi connectivity index (χ4v) is 3.14. The molecular formula is C14H20BrNO. The molecule has 0 amide bonds. The molecule has 3 heteroatoms. The molecule has 0 aromatic heterocycles. The maximum absolute atomic E-state index is 9.17. The molecule has 1 N–H and O–H groups in total. The van der Waals surface area contributed by atoms with Gasteiger partial charge in [-0.25, -0.2) is 0 Å². The normalized spacial score (nSPS) is 20.3. The first kappa shape index (κ1) is 12.9. The van der Waals surface area contributed by atoms with E-state index in [2.05, 4.69) is 46.8 Å². The van der Waals surface area contributed by atoms with Crippen LogP contribution in [-0.2, 0) is 6.61 Å².